The third kappa shape index (κ3) is 3.86. The summed E-state index contributed by atoms with van der Waals surface area (Å²) in [5.41, 5.74) is 6.95. The fraction of sp³-hybridized carbons (Fsp3) is 0.500. The lowest BCUT2D eigenvalue weighted by molar-refractivity contribution is -0.124. The molecule has 0 heterocycles. The van der Waals surface area contributed by atoms with E-state index < -0.39 is 6.04 Å². The molecular weight excluding hydrogens is 212 g/mol. The quantitative estimate of drug-likeness (QED) is 0.821. The number of rotatable bonds is 5. The van der Waals surface area contributed by atoms with Gasteiger partial charge in [0.05, 0.1) is 12.1 Å². The Kier molecular flexibility index (Phi) is 5.16. The highest BCUT2D eigenvalue weighted by molar-refractivity contribution is 5.82. The Bertz CT molecular complexity index is 348. The zero-order valence-electron chi connectivity index (χ0n) is 10.8. The molecule has 1 unspecified atom stereocenters. The fourth-order valence-electron chi connectivity index (χ4n) is 1.68. The molecule has 3 nitrogen and oxygen atoms in total. The van der Waals surface area contributed by atoms with Gasteiger partial charge in [-0.15, -0.1) is 0 Å². The van der Waals surface area contributed by atoms with Gasteiger partial charge in [-0.05, 0) is 17.9 Å². The predicted molar refractivity (Wildman–Crippen MR) is 70.4 cm³/mol. The smallest absolute Gasteiger partial charge is 0.237 e. The molecule has 0 aliphatic carbocycles. The Balaban J connectivity index is 2.68. The fourth-order valence-corrected chi connectivity index (χ4v) is 1.68. The van der Waals surface area contributed by atoms with Gasteiger partial charge < -0.3 is 11.1 Å². The average Bonchev–Trinajstić information content (AvgIpc) is 2.35. The van der Waals surface area contributed by atoms with Crippen LogP contribution in [0.4, 0.5) is 0 Å². The normalized spacial score (nSPS) is 14.4. The topological polar surface area (TPSA) is 55.1 Å². The van der Waals surface area contributed by atoms with Crippen molar-refractivity contribution in [3.63, 3.8) is 0 Å². The van der Waals surface area contributed by atoms with Gasteiger partial charge >= 0.3 is 0 Å². The summed E-state index contributed by atoms with van der Waals surface area (Å²) in [4.78, 5) is 11.9. The number of hydrogen-bond donors (Lipinski definition) is 2. The van der Waals surface area contributed by atoms with Gasteiger partial charge in [0, 0.05) is 0 Å². The summed E-state index contributed by atoms with van der Waals surface area (Å²) in [6.07, 6.45) is 0.862. The number of hydrogen-bond acceptors (Lipinski definition) is 2. The van der Waals surface area contributed by atoms with Gasteiger partial charge in [-0.2, -0.15) is 0 Å². The van der Waals surface area contributed by atoms with Gasteiger partial charge in [-0.25, -0.2) is 0 Å². The van der Waals surface area contributed by atoms with E-state index in [2.05, 4.69) is 12.2 Å². The van der Waals surface area contributed by atoms with Gasteiger partial charge in [0.2, 0.25) is 5.91 Å². The molecule has 0 saturated heterocycles. The maximum atomic E-state index is 11.9. The Labute approximate surface area is 103 Å². The lowest BCUT2D eigenvalue weighted by Gasteiger charge is -2.21. The molecule has 17 heavy (non-hydrogen) atoms. The molecule has 0 fully saturated rings. The summed E-state index contributed by atoms with van der Waals surface area (Å²) in [5, 5.41) is 3.00. The molecule has 1 aromatic carbocycles. The minimum absolute atomic E-state index is 0.0495. The second-order valence-corrected chi connectivity index (χ2v) is 4.65. The lowest BCUT2D eigenvalue weighted by atomic mass is 10.0. The maximum Gasteiger partial charge on any atom is 0.237 e. The molecule has 3 heteroatoms. The van der Waals surface area contributed by atoms with Crippen LogP contribution < -0.4 is 11.1 Å². The van der Waals surface area contributed by atoms with E-state index in [1.165, 1.54) is 0 Å². The molecule has 0 radical (unpaired) electrons. The summed E-state index contributed by atoms with van der Waals surface area (Å²) >= 11 is 0. The molecule has 0 bridgehead atoms. The van der Waals surface area contributed by atoms with Crippen LogP contribution >= 0.6 is 0 Å². The molecule has 0 aromatic heterocycles. The van der Waals surface area contributed by atoms with Crippen LogP contribution in [0.5, 0.6) is 0 Å². The van der Waals surface area contributed by atoms with Crippen LogP contribution in [0.3, 0.4) is 0 Å². The van der Waals surface area contributed by atoms with Gasteiger partial charge in [0.15, 0.2) is 0 Å². The first-order valence-electron chi connectivity index (χ1n) is 6.17. The van der Waals surface area contributed by atoms with E-state index >= 15 is 0 Å². The number of carbonyl (C=O) groups excluding carboxylic acids is 1. The Morgan fingerprint density at radius 1 is 1.29 bits per heavy atom. The van der Waals surface area contributed by atoms with E-state index in [-0.39, 0.29) is 17.9 Å². The van der Waals surface area contributed by atoms with Crippen molar-refractivity contribution in [1.29, 1.82) is 0 Å². The first kappa shape index (κ1) is 13.7. The van der Waals surface area contributed by atoms with Crippen LogP contribution in [0.2, 0.25) is 0 Å². The molecule has 2 atom stereocenters. The zero-order chi connectivity index (χ0) is 12.8. The minimum atomic E-state index is -0.437. The highest BCUT2D eigenvalue weighted by atomic mass is 16.2. The Morgan fingerprint density at radius 2 is 1.88 bits per heavy atom. The van der Waals surface area contributed by atoms with Crippen LogP contribution in [0, 0.1) is 5.92 Å². The van der Waals surface area contributed by atoms with Crippen molar-refractivity contribution in [2.24, 2.45) is 11.7 Å². The molecule has 1 rings (SSSR count). The number of amides is 1. The van der Waals surface area contributed by atoms with Gasteiger partial charge in [-0.1, -0.05) is 51.1 Å². The third-order valence-electron chi connectivity index (χ3n) is 2.95. The molecule has 0 spiro atoms. The molecule has 0 saturated carbocycles. The van der Waals surface area contributed by atoms with Crippen molar-refractivity contribution in [2.45, 2.75) is 39.3 Å². The van der Waals surface area contributed by atoms with Crippen molar-refractivity contribution in [1.82, 2.24) is 5.32 Å². The average molecular weight is 234 g/mol. The van der Waals surface area contributed by atoms with Crippen LogP contribution in [-0.2, 0) is 4.79 Å². The largest absolute Gasteiger partial charge is 0.348 e. The monoisotopic (exact) mass is 234 g/mol. The summed E-state index contributed by atoms with van der Waals surface area (Å²) in [7, 11) is 0. The number of benzene rings is 1. The van der Waals surface area contributed by atoms with E-state index in [1.54, 1.807) is 0 Å². The molecular formula is C14H22N2O. The van der Waals surface area contributed by atoms with E-state index in [4.69, 9.17) is 5.73 Å². The molecule has 1 aromatic rings. The van der Waals surface area contributed by atoms with Crippen LogP contribution in [-0.4, -0.2) is 11.9 Å². The van der Waals surface area contributed by atoms with Gasteiger partial charge in [-0.3, -0.25) is 4.79 Å². The van der Waals surface area contributed by atoms with Crippen LogP contribution in [0.15, 0.2) is 30.3 Å². The van der Waals surface area contributed by atoms with E-state index in [0.717, 1.165) is 12.0 Å². The molecule has 3 N–H and O–H groups in total. The van der Waals surface area contributed by atoms with E-state index in [0.29, 0.717) is 0 Å². The van der Waals surface area contributed by atoms with Crippen molar-refractivity contribution in [3.05, 3.63) is 35.9 Å². The first-order valence-corrected chi connectivity index (χ1v) is 6.17. The van der Waals surface area contributed by atoms with Crippen LogP contribution in [0.1, 0.15) is 38.8 Å². The zero-order valence-corrected chi connectivity index (χ0v) is 10.8. The van der Waals surface area contributed by atoms with E-state index in [9.17, 15) is 4.79 Å². The minimum Gasteiger partial charge on any atom is -0.348 e. The summed E-state index contributed by atoms with van der Waals surface area (Å²) in [6.45, 7) is 5.96. The summed E-state index contributed by atoms with van der Waals surface area (Å²) < 4.78 is 0. The van der Waals surface area contributed by atoms with E-state index in [1.807, 2.05) is 44.2 Å². The Morgan fingerprint density at radius 3 is 2.35 bits per heavy atom. The molecule has 94 valence electrons. The van der Waals surface area contributed by atoms with Gasteiger partial charge in [0.1, 0.15) is 0 Å². The predicted octanol–water partition coefficient (Wildman–Crippen LogP) is 2.24. The highest BCUT2D eigenvalue weighted by Crippen LogP contribution is 2.16. The van der Waals surface area contributed by atoms with Gasteiger partial charge in [0.25, 0.3) is 0 Å². The maximum absolute atomic E-state index is 11.9. The number of nitrogens with one attached hydrogen (secondary N) is 1. The second-order valence-electron chi connectivity index (χ2n) is 4.65. The van der Waals surface area contributed by atoms with Crippen LogP contribution in [0.25, 0.3) is 0 Å². The third-order valence-corrected chi connectivity index (χ3v) is 2.95. The lowest BCUT2D eigenvalue weighted by Crippen LogP contribution is -2.45. The summed E-state index contributed by atoms with van der Waals surface area (Å²) in [6, 6.07) is 9.59. The molecule has 0 aliphatic heterocycles. The van der Waals surface area contributed by atoms with Crippen molar-refractivity contribution >= 4 is 5.91 Å². The Hall–Kier alpha value is -1.35. The first-order chi connectivity index (χ1) is 8.06. The number of nitrogens with two attached hydrogens (primary N) is 1. The summed E-state index contributed by atoms with van der Waals surface area (Å²) in [5.74, 6) is 0.0824. The number of carbonyl (C=O) groups is 1. The SMILES string of the molecule is CC[C@H](NC(=O)C(N)C(C)C)c1ccccc1. The molecule has 1 amide bonds. The van der Waals surface area contributed by atoms with Crippen molar-refractivity contribution < 1.29 is 4.79 Å². The standard InChI is InChI=1S/C14H22N2O/c1-4-12(11-8-6-5-7-9-11)16-14(17)13(15)10(2)3/h5-10,12-13H,4,15H2,1-3H3,(H,16,17)/t12-,13?/m0/s1. The molecule has 0 aliphatic rings. The van der Waals surface area contributed by atoms with Crippen molar-refractivity contribution in [3.8, 4) is 0 Å². The highest BCUT2D eigenvalue weighted by Gasteiger charge is 2.20. The second kappa shape index (κ2) is 6.40. The van der Waals surface area contributed by atoms with Crippen molar-refractivity contribution in [2.75, 3.05) is 0 Å².